The van der Waals surface area contributed by atoms with Crippen molar-refractivity contribution in [2.45, 2.75) is 18.7 Å². The van der Waals surface area contributed by atoms with Gasteiger partial charge in [0.05, 0.1) is 29.8 Å². The van der Waals surface area contributed by atoms with Crippen molar-refractivity contribution < 1.29 is 22.7 Å². The molecule has 1 heterocycles. The number of esters is 1. The average molecular weight is 566 g/mol. The van der Waals surface area contributed by atoms with Crippen LogP contribution in [0.5, 0.6) is 0 Å². The SMILES string of the molecule is COC(=O)C1=C(c2ccc(Br)cc2)N(S(=O)(=O)c2ccc(C)cc2)CC(C(=O)c2ccc(C)cc2)=C1. The number of benzene rings is 3. The Bertz CT molecular complexity index is 1490. The minimum absolute atomic E-state index is 0.0165. The van der Waals surface area contributed by atoms with E-state index in [4.69, 9.17) is 4.74 Å². The molecule has 0 spiro atoms. The van der Waals surface area contributed by atoms with E-state index in [0.717, 1.165) is 19.9 Å². The molecule has 1 aliphatic rings. The third kappa shape index (κ3) is 5.05. The second-order valence-electron chi connectivity index (χ2n) is 8.45. The summed E-state index contributed by atoms with van der Waals surface area (Å²) in [5.41, 5.74) is 3.08. The lowest BCUT2D eigenvalue weighted by Crippen LogP contribution is -2.37. The average Bonchev–Trinajstić information content (AvgIpc) is 2.88. The normalized spacial score (nSPS) is 13.9. The molecule has 36 heavy (non-hydrogen) atoms. The Morgan fingerprint density at radius 1 is 0.861 bits per heavy atom. The Morgan fingerprint density at radius 2 is 1.42 bits per heavy atom. The molecule has 0 aromatic heterocycles. The molecular formula is C28H24BrNO5S. The van der Waals surface area contributed by atoms with Gasteiger partial charge in [0, 0.05) is 15.6 Å². The Morgan fingerprint density at radius 3 is 1.97 bits per heavy atom. The molecule has 3 aromatic carbocycles. The first-order valence-electron chi connectivity index (χ1n) is 11.1. The minimum atomic E-state index is -4.15. The highest BCUT2D eigenvalue weighted by Gasteiger charge is 2.36. The molecule has 0 amide bonds. The van der Waals surface area contributed by atoms with Crippen molar-refractivity contribution in [1.82, 2.24) is 4.31 Å². The van der Waals surface area contributed by atoms with E-state index >= 15 is 0 Å². The van der Waals surface area contributed by atoms with E-state index < -0.39 is 16.0 Å². The third-order valence-corrected chi connectivity index (χ3v) is 8.16. The van der Waals surface area contributed by atoms with E-state index in [9.17, 15) is 18.0 Å². The summed E-state index contributed by atoms with van der Waals surface area (Å²) in [6, 6.07) is 20.3. The summed E-state index contributed by atoms with van der Waals surface area (Å²) >= 11 is 3.39. The molecule has 8 heteroatoms. The zero-order valence-corrected chi connectivity index (χ0v) is 22.4. The van der Waals surface area contributed by atoms with Crippen LogP contribution in [-0.2, 0) is 19.6 Å². The highest BCUT2D eigenvalue weighted by molar-refractivity contribution is 9.10. The van der Waals surface area contributed by atoms with E-state index in [2.05, 4.69) is 15.9 Å². The Labute approximate surface area is 219 Å². The Hall–Kier alpha value is -3.49. The van der Waals surface area contributed by atoms with Gasteiger partial charge in [-0.25, -0.2) is 13.2 Å². The van der Waals surface area contributed by atoms with Gasteiger partial charge in [-0.2, -0.15) is 0 Å². The van der Waals surface area contributed by atoms with E-state index in [1.165, 1.54) is 25.3 Å². The quantitative estimate of drug-likeness (QED) is 0.292. The van der Waals surface area contributed by atoms with Crippen LogP contribution in [0.1, 0.15) is 27.0 Å². The zero-order chi connectivity index (χ0) is 26.0. The van der Waals surface area contributed by atoms with Crippen LogP contribution in [0.25, 0.3) is 5.70 Å². The van der Waals surface area contributed by atoms with Gasteiger partial charge >= 0.3 is 5.97 Å². The van der Waals surface area contributed by atoms with Crippen molar-refractivity contribution in [3.8, 4) is 0 Å². The fourth-order valence-electron chi connectivity index (χ4n) is 3.90. The number of hydrogen-bond acceptors (Lipinski definition) is 5. The largest absolute Gasteiger partial charge is 0.465 e. The van der Waals surface area contributed by atoms with Gasteiger partial charge in [-0.1, -0.05) is 75.6 Å². The van der Waals surface area contributed by atoms with Gasteiger partial charge in [0.25, 0.3) is 10.0 Å². The lowest BCUT2D eigenvalue weighted by atomic mass is 9.95. The number of ether oxygens (including phenoxy) is 1. The number of carbonyl (C=O) groups excluding carboxylic acids is 2. The first kappa shape index (κ1) is 25.6. The summed E-state index contributed by atoms with van der Waals surface area (Å²) in [6.07, 6.45) is 1.44. The van der Waals surface area contributed by atoms with Crippen LogP contribution < -0.4 is 0 Å². The topological polar surface area (TPSA) is 80.8 Å². The molecule has 0 bridgehead atoms. The highest BCUT2D eigenvalue weighted by atomic mass is 79.9. The predicted molar refractivity (Wildman–Crippen MR) is 142 cm³/mol. The van der Waals surface area contributed by atoms with Gasteiger partial charge in [-0.15, -0.1) is 0 Å². The van der Waals surface area contributed by atoms with Crippen LogP contribution in [0.4, 0.5) is 0 Å². The molecule has 0 saturated carbocycles. The maximum absolute atomic E-state index is 13.9. The van der Waals surface area contributed by atoms with Crippen LogP contribution in [0, 0.1) is 13.8 Å². The second-order valence-corrected chi connectivity index (χ2v) is 11.2. The van der Waals surface area contributed by atoms with E-state index in [-0.39, 0.29) is 34.1 Å². The second kappa shape index (κ2) is 10.2. The molecule has 0 unspecified atom stereocenters. The zero-order valence-electron chi connectivity index (χ0n) is 20.0. The molecule has 4 rings (SSSR count). The van der Waals surface area contributed by atoms with Crippen molar-refractivity contribution in [2.75, 3.05) is 13.7 Å². The monoisotopic (exact) mass is 565 g/mol. The number of nitrogens with zero attached hydrogens (tertiary/aromatic N) is 1. The van der Waals surface area contributed by atoms with Crippen molar-refractivity contribution in [3.63, 3.8) is 0 Å². The summed E-state index contributed by atoms with van der Waals surface area (Å²) in [5, 5.41) is 0. The maximum Gasteiger partial charge on any atom is 0.340 e. The van der Waals surface area contributed by atoms with Crippen LogP contribution in [-0.4, -0.2) is 38.1 Å². The summed E-state index contributed by atoms with van der Waals surface area (Å²) in [7, 11) is -2.93. The van der Waals surface area contributed by atoms with Gasteiger partial charge in [-0.05, 0) is 49.8 Å². The Balaban J connectivity index is 1.95. The highest BCUT2D eigenvalue weighted by Crippen LogP contribution is 2.36. The van der Waals surface area contributed by atoms with Crippen LogP contribution in [0.15, 0.2) is 99.4 Å². The number of ketones is 1. The van der Waals surface area contributed by atoms with Crippen LogP contribution >= 0.6 is 15.9 Å². The first-order chi connectivity index (χ1) is 17.1. The molecule has 0 fully saturated rings. The van der Waals surface area contributed by atoms with Gasteiger partial charge in [0.15, 0.2) is 5.78 Å². The molecule has 0 saturated heterocycles. The molecule has 0 aliphatic carbocycles. The third-order valence-electron chi connectivity index (χ3n) is 5.87. The maximum atomic E-state index is 13.9. The smallest absolute Gasteiger partial charge is 0.340 e. The number of aryl methyl sites for hydroxylation is 2. The summed E-state index contributed by atoms with van der Waals surface area (Å²) in [5.74, 6) is -1.11. The Kier molecular flexibility index (Phi) is 7.28. The van der Waals surface area contributed by atoms with Gasteiger partial charge in [0.2, 0.25) is 0 Å². The molecule has 0 radical (unpaired) electrons. The van der Waals surface area contributed by atoms with Crippen molar-refractivity contribution in [3.05, 3.63) is 117 Å². The fraction of sp³-hybridized carbons (Fsp3) is 0.143. The number of carbonyl (C=O) groups is 2. The number of methoxy groups -OCH3 is 1. The number of rotatable bonds is 6. The minimum Gasteiger partial charge on any atom is -0.465 e. The summed E-state index contributed by atoms with van der Waals surface area (Å²) in [6.45, 7) is 3.53. The number of Topliss-reactive ketones (excluding diaryl/α,β-unsaturated/α-hetero) is 1. The van der Waals surface area contributed by atoms with Crippen LogP contribution in [0.3, 0.4) is 0 Å². The molecule has 184 valence electrons. The number of hydrogen-bond donors (Lipinski definition) is 0. The van der Waals surface area contributed by atoms with Crippen molar-refractivity contribution >= 4 is 43.4 Å². The predicted octanol–water partition coefficient (Wildman–Crippen LogP) is 5.46. The van der Waals surface area contributed by atoms with Crippen molar-refractivity contribution in [2.24, 2.45) is 0 Å². The summed E-state index contributed by atoms with van der Waals surface area (Å²) in [4.78, 5) is 26.4. The summed E-state index contributed by atoms with van der Waals surface area (Å²) < 4.78 is 34.8. The number of sulfonamides is 1. The molecular weight excluding hydrogens is 542 g/mol. The first-order valence-corrected chi connectivity index (χ1v) is 13.3. The van der Waals surface area contributed by atoms with Crippen molar-refractivity contribution in [1.29, 1.82) is 0 Å². The molecule has 0 atom stereocenters. The lowest BCUT2D eigenvalue weighted by molar-refractivity contribution is -0.135. The molecule has 1 aliphatic heterocycles. The molecule has 3 aromatic rings. The van der Waals surface area contributed by atoms with E-state index in [0.29, 0.717) is 11.1 Å². The molecule has 0 N–H and O–H groups in total. The number of halogens is 1. The lowest BCUT2D eigenvalue weighted by Gasteiger charge is -2.32. The van der Waals surface area contributed by atoms with E-state index in [1.54, 1.807) is 48.5 Å². The van der Waals surface area contributed by atoms with Gasteiger partial charge in [0.1, 0.15) is 0 Å². The fourth-order valence-corrected chi connectivity index (χ4v) is 5.65. The standard InChI is InChI=1S/C28H24BrNO5S/c1-18-4-8-21(9-5-18)27(31)22-16-25(28(32)35-3)26(20-10-12-23(29)13-11-20)30(17-22)36(33,34)24-14-6-19(2)7-15-24/h4-16H,17H2,1-3H3. The molecule has 6 nitrogen and oxygen atoms in total. The van der Waals surface area contributed by atoms with Gasteiger partial charge < -0.3 is 4.74 Å². The van der Waals surface area contributed by atoms with E-state index in [1.807, 2.05) is 26.0 Å². The van der Waals surface area contributed by atoms with Gasteiger partial charge in [-0.3, -0.25) is 9.10 Å². The van der Waals surface area contributed by atoms with Crippen LogP contribution in [0.2, 0.25) is 0 Å².